The second-order valence-electron chi connectivity index (χ2n) is 13.4. The number of alkyl halides is 3. The van der Waals surface area contributed by atoms with Crippen molar-refractivity contribution in [2.75, 3.05) is 0 Å². The van der Waals surface area contributed by atoms with Gasteiger partial charge in [0.25, 0.3) is 0 Å². The molecule has 1 aromatic rings. The zero-order chi connectivity index (χ0) is 26.1. The van der Waals surface area contributed by atoms with Crippen molar-refractivity contribution in [2.24, 2.45) is 34.0 Å². The quantitative estimate of drug-likeness (QED) is 0.437. The Labute approximate surface area is 215 Å². The van der Waals surface area contributed by atoms with Crippen LogP contribution in [0.5, 0.6) is 0 Å². The zero-order valence-corrected chi connectivity index (χ0v) is 22.6. The predicted octanol–water partition coefficient (Wildman–Crippen LogP) is 8.91. The molecule has 0 aliphatic heterocycles. The molecule has 1 N–H and O–H groups in total. The van der Waals surface area contributed by atoms with Gasteiger partial charge in [-0.25, -0.2) is 0 Å². The highest BCUT2D eigenvalue weighted by Gasteiger charge is 2.57. The van der Waals surface area contributed by atoms with Gasteiger partial charge in [0.15, 0.2) is 0 Å². The third-order valence-corrected chi connectivity index (χ3v) is 11.3. The number of aliphatic hydroxyl groups excluding tert-OH is 1. The van der Waals surface area contributed by atoms with E-state index in [1.165, 1.54) is 12.1 Å². The van der Waals surface area contributed by atoms with E-state index in [4.69, 9.17) is 0 Å². The van der Waals surface area contributed by atoms with Gasteiger partial charge in [-0.1, -0.05) is 64.5 Å². The Kier molecular flexibility index (Phi) is 6.34. The zero-order valence-electron chi connectivity index (χ0n) is 22.6. The lowest BCUT2D eigenvalue weighted by atomic mass is 9.46. The number of aliphatic hydroxyl groups is 1. The minimum Gasteiger partial charge on any atom is -0.393 e. The van der Waals surface area contributed by atoms with Crippen LogP contribution in [0, 0.1) is 34.0 Å². The molecule has 0 saturated heterocycles. The third-order valence-electron chi connectivity index (χ3n) is 11.3. The third kappa shape index (κ3) is 3.92. The second-order valence-corrected chi connectivity index (χ2v) is 13.4. The number of fused-ring (bicyclic) bond motifs is 4. The van der Waals surface area contributed by atoms with Crippen LogP contribution in [0.4, 0.5) is 13.2 Å². The number of benzene rings is 1. The van der Waals surface area contributed by atoms with Crippen LogP contribution in [0.3, 0.4) is 0 Å². The van der Waals surface area contributed by atoms with Crippen LogP contribution in [0.25, 0.3) is 0 Å². The maximum Gasteiger partial charge on any atom is 0.416 e. The van der Waals surface area contributed by atoms with Crippen LogP contribution in [0.1, 0.15) is 97.1 Å². The highest BCUT2D eigenvalue weighted by atomic mass is 19.4. The van der Waals surface area contributed by atoms with Gasteiger partial charge in [0.05, 0.1) is 11.7 Å². The summed E-state index contributed by atoms with van der Waals surface area (Å²) in [5.41, 5.74) is 5.00. The van der Waals surface area contributed by atoms with E-state index in [2.05, 4.69) is 40.7 Å². The first-order chi connectivity index (χ1) is 16.8. The van der Waals surface area contributed by atoms with Gasteiger partial charge in [-0.05, 0) is 115 Å². The fourth-order valence-electron chi connectivity index (χ4n) is 9.18. The van der Waals surface area contributed by atoms with Gasteiger partial charge in [0.2, 0.25) is 0 Å². The summed E-state index contributed by atoms with van der Waals surface area (Å²) in [6.07, 6.45) is 6.74. The van der Waals surface area contributed by atoms with E-state index in [-0.39, 0.29) is 22.3 Å². The van der Waals surface area contributed by atoms with E-state index in [9.17, 15) is 18.3 Å². The Morgan fingerprint density at radius 1 is 1.00 bits per heavy atom. The van der Waals surface area contributed by atoms with Gasteiger partial charge in [-0.3, -0.25) is 0 Å². The number of halogens is 3. The van der Waals surface area contributed by atoms with Crippen molar-refractivity contribution in [3.63, 3.8) is 0 Å². The van der Waals surface area contributed by atoms with E-state index in [1.54, 1.807) is 28.9 Å². The molecule has 5 rings (SSSR count). The minimum absolute atomic E-state index is 0.0555. The molecule has 198 valence electrons. The molecule has 1 fully saturated rings. The number of hydrogen-bond donors (Lipinski definition) is 1. The molecular formula is C32H43F3O. The van der Waals surface area contributed by atoms with Crippen molar-refractivity contribution in [1.29, 1.82) is 0 Å². The number of hydrogen-bond acceptors (Lipinski definition) is 1. The molecule has 4 aliphatic carbocycles. The van der Waals surface area contributed by atoms with Gasteiger partial charge in [0, 0.05) is 0 Å². The summed E-state index contributed by atoms with van der Waals surface area (Å²) in [6.45, 7) is 11.7. The molecule has 1 aromatic carbocycles. The van der Waals surface area contributed by atoms with Crippen LogP contribution in [0.15, 0.2) is 47.1 Å². The summed E-state index contributed by atoms with van der Waals surface area (Å²) in [5.74, 6) is 1.36. The molecule has 0 spiro atoms. The van der Waals surface area contributed by atoms with Crippen molar-refractivity contribution in [1.82, 2.24) is 0 Å². The van der Waals surface area contributed by atoms with E-state index in [0.717, 1.165) is 51.4 Å². The molecule has 0 heterocycles. The van der Waals surface area contributed by atoms with Crippen LogP contribution >= 0.6 is 0 Å². The first kappa shape index (κ1) is 26.1. The van der Waals surface area contributed by atoms with Crippen molar-refractivity contribution >= 4 is 0 Å². The molecule has 0 bridgehead atoms. The van der Waals surface area contributed by atoms with Gasteiger partial charge in [-0.15, -0.1) is 0 Å². The van der Waals surface area contributed by atoms with Crippen molar-refractivity contribution in [2.45, 2.75) is 105 Å². The fourth-order valence-corrected chi connectivity index (χ4v) is 9.18. The Morgan fingerprint density at radius 3 is 2.44 bits per heavy atom. The molecule has 1 nitrogen and oxygen atoms in total. The summed E-state index contributed by atoms with van der Waals surface area (Å²) >= 11 is 0. The summed E-state index contributed by atoms with van der Waals surface area (Å²) in [7, 11) is 0. The molecule has 4 aliphatic rings. The Hall–Kier alpha value is -1.55. The first-order valence-electron chi connectivity index (χ1n) is 14.1. The number of rotatable bonds is 4. The summed E-state index contributed by atoms with van der Waals surface area (Å²) in [4.78, 5) is 0. The minimum atomic E-state index is -4.29. The molecule has 0 amide bonds. The average molecular weight is 501 g/mol. The fraction of sp³-hybridized carbons (Fsp3) is 0.688. The maximum atomic E-state index is 13.5. The number of aryl methyl sites for hydroxylation is 1. The van der Waals surface area contributed by atoms with Gasteiger partial charge >= 0.3 is 6.18 Å². The molecule has 0 radical (unpaired) electrons. The lowest BCUT2D eigenvalue weighted by Crippen LogP contribution is -2.53. The largest absolute Gasteiger partial charge is 0.416 e. The monoisotopic (exact) mass is 500 g/mol. The van der Waals surface area contributed by atoms with Crippen molar-refractivity contribution < 1.29 is 18.3 Å². The molecule has 4 heteroatoms. The maximum absolute atomic E-state index is 13.5. The highest BCUT2D eigenvalue weighted by Crippen LogP contribution is 2.66. The Bertz CT molecular complexity index is 1080. The highest BCUT2D eigenvalue weighted by molar-refractivity contribution is 5.50. The summed E-state index contributed by atoms with van der Waals surface area (Å²) in [5, 5.41) is 10.8. The lowest BCUT2D eigenvalue weighted by molar-refractivity contribution is -0.138. The Morgan fingerprint density at radius 2 is 1.72 bits per heavy atom. The molecule has 6 atom stereocenters. The van der Waals surface area contributed by atoms with Crippen LogP contribution in [-0.2, 0) is 12.6 Å². The van der Waals surface area contributed by atoms with Crippen LogP contribution in [-0.4, -0.2) is 11.2 Å². The van der Waals surface area contributed by atoms with Crippen LogP contribution < -0.4 is 0 Å². The normalized spacial score (nSPS) is 36.6. The molecule has 0 aromatic heterocycles. The van der Waals surface area contributed by atoms with Crippen LogP contribution in [0.2, 0.25) is 0 Å². The number of allylic oxidation sites excluding steroid dienone is 4. The van der Waals surface area contributed by atoms with Gasteiger partial charge in [0.1, 0.15) is 0 Å². The lowest BCUT2D eigenvalue weighted by Gasteiger charge is -2.59. The molecule has 1 saturated carbocycles. The Balaban J connectivity index is 1.36. The van der Waals surface area contributed by atoms with E-state index in [0.29, 0.717) is 29.7 Å². The van der Waals surface area contributed by atoms with Gasteiger partial charge < -0.3 is 5.11 Å². The van der Waals surface area contributed by atoms with Crippen molar-refractivity contribution in [3.8, 4) is 0 Å². The molecule has 36 heavy (non-hydrogen) atoms. The average Bonchev–Trinajstić information content (AvgIpc) is 3.17. The van der Waals surface area contributed by atoms with E-state index in [1.807, 2.05) is 0 Å². The molecule has 0 unspecified atom stereocenters. The topological polar surface area (TPSA) is 20.2 Å². The smallest absolute Gasteiger partial charge is 0.393 e. The van der Waals surface area contributed by atoms with Gasteiger partial charge in [-0.2, -0.15) is 13.2 Å². The summed E-state index contributed by atoms with van der Waals surface area (Å²) in [6, 6.07) is 6.08. The first-order valence-corrected chi connectivity index (χ1v) is 14.1. The van der Waals surface area contributed by atoms with Crippen molar-refractivity contribution in [3.05, 3.63) is 58.2 Å². The van der Waals surface area contributed by atoms with E-state index < -0.39 is 11.7 Å². The standard InChI is InChI=1S/C32H43F3O/c1-20(10-11-21-8-6-7-9-24(21)32(33,34)35)23-13-14-25-22-12-15-27-29(2,3)28(36)17-19-31(27,5)26(22)16-18-30(23,25)4/h6-9,14,20,23,27-28,36H,10-13,15-19H2,1-5H3/t20-,23-,27+,28+,30-,31-/m1/s1. The van der Waals surface area contributed by atoms with E-state index >= 15 is 0 Å². The SMILES string of the molecule is C[C@H](CCc1ccccc1C(F)(F)F)[C@H]1CC=C2C3=C(CC[C@@]21C)[C@@]1(C)CC[C@H](O)C(C)(C)[C@@H]1CC3. The second kappa shape index (κ2) is 8.75. The predicted molar refractivity (Wildman–Crippen MR) is 139 cm³/mol. The summed E-state index contributed by atoms with van der Waals surface area (Å²) < 4.78 is 40.5. The molecular weight excluding hydrogens is 457 g/mol.